The highest BCUT2D eigenvalue weighted by atomic mass is 16.6. The summed E-state index contributed by atoms with van der Waals surface area (Å²) in [6, 6.07) is 0. The first kappa shape index (κ1) is 14.5. The van der Waals surface area contributed by atoms with Crippen LogP contribution in [0.15, 0.2) is 17.3 Å². The lowest BCUT2D eigenvalue weighted by Gasteiger charge is -2.19. The lowest BCUT2D eigenvalue weighted by atomic mass is 10.2. The molecule has 0 rings (SSSR count). The van der Waals surface area contributed by atoms with Crippen molar-refractivity contribution in [1.29, 1.82) is 0 Å². The molecule has 1 amide bonds. The molecule has 0 saturated heterocycles. The first-order chi connectivity index (χ1) is 7.20. The zero-order chi connectivity index (χ0) is 12.8. The van der Waals surface area contributed by atoms with Gasteiger partial charge in [-0.2, -0.15) is 0 Å². The van der Waals surface area contributed by atoms with Gasteiger partial charge in [0.1, 0.15) is 5.60 Å². The van der Waals surface area contributed by atoms with Gasteiger partial charge in [0.25, 0.3) is 0 Å². The standard InChI is InChI=1S/C11H21N3O2/c1-9(13-8-14(5)6)7-12-10(15)16-11(2,3)4/h8H,1,7H2,2-6H3,(H,12,15). The van der Waals surface area contributed by atoms with E-state index in [9.17, 15) is 4.79 Å². The van der Waals surface area contributed by atoms with Crippen molar-refractivity contribution in [1.82, 2.24) is 10.2 Å². The Labute approximate surface area is 97.2 Å². The lowest BCUT2D eigenvalue weighted by Crippen LogP contribution is -2.33. The Hall–Kier alpha value is -1.52. The summed E-state index contributed by atoms with van der Waals surface area (Å²) in [5.41, 5.74) is 0.0813. The van der Waals surface area contributed by atoms with Crippen molar-refractivity contribution in [2.24, 2.45) is 4.99 Å². The van der Waals surface area contributed by atoms with Crippen molar-refractivity contribution in [3.63, 3.8) is 0 Å². The fourth-order valence-corrected chi connectivity index (χ4v) is 0.731. The van der Waals surface area contributed by atoms with Crippen LogP contribution in [0, 0.1) is 0 Å². The van der Waals surface area contributed by atoms with E-state index in [1.165, 1.54) is 0 Å². The Bertz CT molecular complexity index is 277. The van der Waals surface area contributed by atoms with Crippen LogP contribution in [0.1, 0.15) is 20.8 Å². The summed E-state index contributed by atoms with van der Waals surface area (Å²) in [6.07, 6.45) is 1.16. The summed E-state index contributed by atoms with van der Waals surface area (Å²) in [6.45, 7) is 9.41. The van der Waals surface area contributed by atoms with E-state index in [1.807, 2.05) is 34.9 Å². The third-order valence-electron chi connectivity index (χ3n) is 1.31. The first-order valence-electron chi connectivity index (χ1n) is 5.06. The van der Waals surface area contributed by atoms with Crippen molar-refractivity contribution < 1.29 is 9.53 Å². The monoisotopic (exact) mass is 227 g/mol. The van der Waals surface area contributed by atoms with E-state index in [1.54, 1.807) is 11.2 Å². The van der Waals surface area contributed by atoms with Gasteiger partial charge in [-0.05, 0) is 20.8 Å². The number of nitrogens with one attached hydrogen (secondary N) is 1. The van der Waals surface area contributed by atoms with Crippen LogP contribution in [0.25, 0.3) is 0 Å². The van der Waals surface area contributed by atoms with Gasteiger partial charge in [0.05, 0.1) is 18.6 Å². The summed E-state index contributed by atoms with van der Waals surface area (Å²) in [5.74, 6) is 0. The molecule has 0 aliphatic heterocycles. The molecular weight excluding hydrogens is 206 g/mol. The van der Waals surface area contributed by atoms with Gasteiger partial charge in [-0.25, -0.2) is 9.79 Å². The van der Waals surface area contributed by atoms with E-state index in [2.05, 4.69) is 16.9 Å². The highest BCUT2D eigenvalue weighted by molar-refractivity contribution is 5.68. The van der Waals surface area contributed by atoms with Crippen molar-refractivity contribution in [3.8, 4) is 0 Å². The number of ether oxygens (including phenoxy) is 1. The number of hydrogen-bond donors (Lipinski definition) is 1. The topological polar surface area (TPSA) is 53.9 Å². The number of nitrogens with zero attached hydrogens (tertiary/aromatic N) is 2. The van der Waals surface area contributed by atoms with E-state index in [-0.39, 0.29) is 6.54 Å². The molecule has 0 aromatic carbocycles. The predicted molar refractivity (Wildman–Crippen MR) is 65.6 cm³/mol. The number of carbonyl (C=O) groups is 1. The Morgan fingerprint density at radius 3 is 2.50 bits per heavy atom. The average Bonchev–Trinajstić information content (AvgIpc) is 2.08. The fourth-order valence-electron chi connectivity index (χ4n) is 0.731. The Balaban J connectivity index is 3.89. The Morgan fingerprint density at radius 1 is 1.50 bits per heavy atom. The molecule has 0 spiro atoms. The molecule has 0 aliphatic rings. The molecule has 0 unspecified atom stereocenters. The second-order valence-electron chi connectivity index (χ2n) is 4.63. The molecule has 5 heteroatoms. The van der Waals surface area contributed by atoms with Gasteiger partial charge in [-0.3, -0.25) is 0 Å². The minimum atomic E-state index is -0.488. The minimum Gasteiger partial charge on any atom is -0.444 e. The molecule has 0 saturated carbocycles. The molecule has 0 heterocycles. The maximum absolute atomic E-state index is 11.3. The number of hydrogen-bond acceptors (Lipinski definition) is 3. The zero-order valence-electron chi connectivity index (χ0n) is 10.7. The average molecular weight is 227 g/mol. The number of rotatable bonds is 4. The zero-order valence-corrected chi connectivity index (χ0v) is 10.7. The Morgan fingerprint density at radius 2 is 2.06 bits per heavy atom. The van der Waals surface area contributed by atoms with Crippen LogP contribution < -0.4 is 5.32 Å². The maximum atomic E-state index is 11.3. The molecule has 0 aromatic heterocycles. The van der Waals surface area contributed by atoms with Crippen LogP contribution in [0.2, 0.25) is 0 Å². The highest BCUT2D eigenvalue weighted by Gasteiger charge is 2.15. The molecule has 1 N–H and O–H groups in total. The van der Waals surface area contributed by atoms with Gasteiger partial charge in [-0.1, -0.05) is 6.58 Å². The van der Waals surface area contributed by atoms with Crippen LogP contribution in [-0.2, 0) is 4.74 Å². The molecule has 0 bridgehead atoms. The molecular formula is C11H21N3O2. The van der Waals surface area contributed by atoms with Gasteiger partial charge >= 0.3 is 6.09 Å². The van der Waals surface area contributed by atoms with Crippen LogP contribution in [0.4, 0.5) is 4.79 Å². The van der Waals surface area contributed by atoms with E-state index in [0.29, 0.717) is 5.70 Å². The predicted octanol–water partition coefficient (Wildman–Crippen LogP) is 1.61. The summed E-state index contributed by atoms with van der Waals surface area (Å²) >= 11 is 0. The van der Waals surface area contributed by atoms with Crippen LogP contribution in [0.3, 0.4) is 0 Å². The maximum Gasteiger partial charge on any atom is 0.407 e. The largest absolute Gasteiger partial charge is 0.444 e. The van der Waals surface area contributed by atoms with Gasteiger partial charge in [-0.15, -0.1) is 0 Å². The smallest absolute Gasteiger partial charge is 0.407 e. The van der Waals surface area contributed by atoms with Crippen molar-refractivity contribution >= 4 is 12.4 Å². The SMILES string of the molecule is C=C(CNC(=O)OC(C)(C)C)N=CN(C)C. The number of aliphatic imine (C=N–C) groups is 1. The number of amides is 1. The van der Waals surface area contributed by atoms with Gasteiger partial charge < -0.3 is 15.0 Å². The molecule has 0 radical (unpaired) electrons. The second kappa shape index (κ2) is 6.15. The van der Waals surface area contributed by atoms with E-state index < -0.39 is 11.7 Å². The van der Waals surface area contributed by atoms with Crippen LogP contribution in [0.5, 0.6) is 0 Å². The molecule has 5 nitrogen and oxygen atoms in total. The van der Waals surface area contributed by atoms with E-state index >= 15 is 0 Å². The molecule has 16 heavy (non-hydrogen) atoms. The molecule has 0 fully saturated rings. The first-order valence-corrected chi connectivity index (χ1v) is 5.06. The second-order valence-corrected chi connectivity index (χ2v) is 4.63. The summed E-state index contributed by atoms with van der Waals surface area (Å²) in [4.78, 5) is 17.1. The van der Waals surface area contributed by atoms with Gasteiger partial charge in [0.2, 0.25) is 0 Å². The molecule has 0 atom stereocenters. The van der Waals surface area contributed by atoms with Crippen molar-refractivity contribution in [2.75, 3.05) is 20.6 Å². The lowest BCUT2D eigenvalue weighted by molar-refractivity contribution is 0.0532. The summed E-state index contributed by atoms with van der Waals surface area (Å²) in [7, 11) is 3.72. The third kappa shape index (κ3) is 9.05. The minimum absolute atomic E-state index is 0.277. The molecule has 0 aliphatic carbocycles. The Kier molecular flexibility index (Phi) is 5.56. The van der Waals surface area contributed by atoms with Gasteiger partial charge in [0.15, 0.2) is 0 Å². The van der Waals surface area contributed by atoms with Crippen molar-refractivity contribution in [3.05, 3.63) is 12.3 Å². The van der Waals surface area contributed by atoms with Crippen molar-refractivity contribution in [2.45, 2.75) is 26.4 Å². The van der Waals surface area contributed by atoms with E-state index in [0.717, 1.165) is 0 Å². The normalized spacial score (nSPS) is 11.3. The summed E-state index contributed by atoms with van der Waals surface area (Å²) in [5, 5.41) is 2.57. The third-order valence-corrected chi connectivity index (χ3v) is 1.31. The van der Waals surface area contributed by atoms with Crippen LogP contribution in [-0.4, -0.2) is 43.6 Å². The van der Waals surface area contributed by atoms with Gasteiger partial charge in [0, 0.05) is 14.1 Å². The molecule has 92 valence electrons. The number of carbonyl (C=O) groups excluding carboxylic acids is 1. The highest BCUT2D eigenvalue weighted by Crippen LogP contribution is 2.06. The summed E-state index contributed by atoms with van der Waals surface area (Å²) < 4.78 is 5.06. The van der Waals surface area contributed by atoms with E-state index in [4.69, 9.17) is 4.74 Å². The molecule has 0 aromatic rings. The number of alkyl carbamates (subject to hydrolysis) is 1. The quantitative estimate of drug-likeness (QED) is 0.586. The van der Waals surface area contributed by atoms with Crippen LogP contribution >= 0.6 is 0 Å². The fraction of sp³-hybridized carbons (Fsp3) is 0.636.